The first-order valence-electron chi connectivity index (χ1n) is 7.32. The van der Waals surface area contributed by atoms with Crippen molar-refractivity contribution in [2.45, 2.75) is 39.3 Å². The van der Waals surface area contributed by atoms with Gasteiger partial charge < -0.3 is 4.90 Å². The maximum absolute atomic E-state index is 12.7. The van der Waals surface area contributed by atoms with Gasteiger partial charge in [0.2, 0.25) is 5.91 Å². The van der Waals surface area contributed by atoms with Crippen LogP contribution in [0.15, 0.2) is 24.5 Å². The molecule has 0 radical (unpaired) electrons. The van der Waals surface area contributed by atoms with Gasteiger partial charge in [0.1, 0.15) is 6.54 Å². The Morgan fingerprint density at radius 2 is 2.00 bits per heavy atom. The average molecular weight is 314 g/mol. The average Bonchev–Trinajstić information content (AvgIpc) is 3.15. The highest BCUT2D eigenvalue weighted by Crippen LogP contribution is 2.48. The van der Waals surface area contributed by atoms with Crippen molar-refractivity contribution < 1.29 is 18.0 Å². The number of alkyl halides is 3. The zero-order chi connectivity index (χ0) is 16.5. The van der Waals surface area contributed by atoms with Crippen LogP contribution in [0.25, 0.3) is 0 Å². The van der Waals surface area contributed by atoms with Gasteiger partial charge in [-0.1, -0.05) is 26.8 Å². The SMILES string of the molecule is CC(C)(C)CN(CC(F)(F)F)C(=O)[C@@H]1C[C@H]1c1cccnc1. The van der Waals surface area contributed by atoms with Crippen LogP contribution < -0.4 is 0 Å². The van der Waals surface area contributed by atoms with Crippen LogP contribution in [0.3, 0.4) is 0 Å². The number of aromatic nitrogens is 1. The number of carbonyl (C=O) groups excluding carboxylic acids is 1. The maximum atomic E-state index is 12.7. The van der Waals surface area contributed by atoms with E-state index in [1.165, 1.54) is 0 Å². The lowest BCUT2D eigenvalue weighted by Crippen LogP contribution is -2.44. The van der Waals surface area contributed by atoms with E-state index >= 15 is 0 Å². The number of rotatable bonds is 4. The third-order valence-corrected chi connectivity index (χ3v) is 3.57. The van der Waals surface area contributed by atoms with Crippen molar-refractivity contribution in [3.8, 4) is 0 Å². The van der Waals surface area contributed by atoms with Crippen molar-refractivity contribution in [1.29, 1.82) is 0 Å². The summed E-state index contributed by atoms with van der Waals surface area (Å²) in [5.74, 6) is -0.757. The van der Waals surface area contributed by atoms with Gasteiger partial charge in [-0.15, -0.1) is 0 Å². The van der Waals surface area contributed by atoms with E-state index in [1.54, 1.807) is 18.5 Å². The second-order valence-corrected chi connectivity index (χ2v) is 7.11. The second kappa shape index (κ2) is 5.89. The molecular weight excluding hydrogens is 293 g/mol. The second-order valence-electron chi connectivity index (χ2n) is 7.11. The van der Waals surface area contributed by atoms with Gasteiger partial charge in [0.15, 0.2) is 0 Å². The minimum absolute atomic E-state index is 0.00287. The first-order valence-corrected chi connectivity index (χ1v) is 7.32. The molecule has 22 heavy (non-hydrogen) atoms. The Hall–Kier alpha value is -1.59. The van der Waals surface area contributed by atoms with Crippen molar-refractivity contribution in [3.05, 3.63) is 30.1 Å². The molecule has 1 aliphatic carbocycles. The van der Waals surface area contributed by atoms with Gasteiger partial charge in [-0.3, -0.25) is 9.78 Å². The minimum atomic E-state index is -4.38. The molecule has 1 aromatic rings. The summed E-state index contributed by atoms with van der Waals surface area (Å²) in [6.07, 6.45) is -0.462. The van der Waals surface area contributed by atoms with Crippen LogP contribution in [-0.4, -0.2) is 35.1 Å². The molecule has 0 saturated heterocycles. The third-order valence-electron chi connectivity index (χ3n) is 3.57. The predicted octanol–water partition coefficient (Wildman–Crippen LogP) is 3.62. The fraction of sp³-hybridized carbons (Fsp3) is 0.625. The summed E-state index contributed by atoms with van der Waals surface area (Å²) < 4.78 is 38.2. The Morgan fingerprint density at radius 1 is 1.32 bits per heavy atom. The largest absolute Gasteiger partial charge is 0.406 e. The molecule has 0 N–H and O–H groups in total. The van der Waals surface area contributed by atoms with Crippen molar-refractivity contribution in [1.82, 2.24) is 9.88 Å². The Bertz CT molecular complexity index is 506. The fourth-order valence-corrected chi connectivity index (χ4v) is 2.67. The highest BCUT2D eigenvalue weighted by Gasteiger charge is 2.48. The minimum Gasteiger partial charge on any atom is -0.333 e. The summed E-state index contributed by atoms with van der Waals surface area (Å²) in [6, 6.07) is 3.64. The predicted molar refractivity (Wildman–Crippen MR) is 77.2 cm³/mol. The van der Waals surface area contributed by atoms with E-state index in [-0.39, 0.29) is 23.8 Å². The molecule has 0 aliphatic heterocycles. The number of pyridine rings is 1. The Kier molecular flexibility index (Phi) is 4.49. The summed E-state index contributed by atoms with van der Waals surface area (Å²) in [4.78, 5) is 17.4. The van der Waals surface area contributed by atoms with E-state index in [0.29, 0.717) is 6.42 Å². The quantitative estimate of drug-likeness (QED) is 0.850. The lowest BCUT2D eigenvalue weighted by atomic mass is 9.95. The van der Waals surface area contributed by atoms with Gasteiger partial charge in [0.25, 0.3) is 0 Å². The monoisotopic (exact) mass is 314 g/mol. The Balaban J connectivity index is 2.07. The number of hydrogen-bond acceptors (Lipinski definition) is 2. The number of nitrogens with zero attached hydrogens (tertiary/aromatic N) is 2. The lowest BCUT2D eigenvalue weighted by molar-refractivity contribution is -0.164. The maximum Gasteiger partial charge on any atom is 0.406 e. The van der Waals surface area contributed by atoms with Crippen LogP contribution in [0.2, 0.25) is 0 Å². The summed E-state index contributed by atoms with van der Waals surface area (Å²) in [5.41, 5.74) is 0.545. The van der Waals surface area contributed by atoms with Gasteiger partial charge in [0.05, 0.1) is 0 Å². The number of hydrogen-bond donors (Lipinski definition) is 0. The van der Waals surface area contributed by atoms with Gasteiger partial charge in [-0.2, -0.15) is 13.2 Å². The molecule has 0 spiro atoms. The molecule has 2 atom stereocenters. The molecule has 1 heterocycles. The molecule has 0 aromatic carbocycles. The number of amides is 1. The Morgan fingerprint density at radius 3 is 2.50 bits per heavy atom. The van der Waals surface area contributed by atoms with E-state index in [1.807, 2.05) is 26.8 Å². The summed E-state index contributed by atoms with van der Waals surface area (Å²) in [5, 5.41) is 0. The number of carbonyl (C=O) groups is 1. The molecule has 1 saturated carbocycles. The van der Waals surface area contributed by atoms with Crippen LogP contribution in [0, 0.1) is 11.3 Å². The zero-order valence-corrected chi connectivity index (χ0v) is 13.0. The molecule has 3 nitrogen and oxygen atoms in total. The molecule has 0 bridgehead atoms. The van der Waals surface area contributed by atoms with Gasteiger partial charge in [-0.05, 0) is 29.4 Å². The molecule has 1 fully saturated rings. The highest BCUT2D eigenvalue weighted by molar-refractivity contribution is 5.83. The van der Waals surface area contributed by atoms with E-state index in [9.17, 15) is 18.0 Å². The van der Waals surface area contributed by atoms with Crippen molar-refractivity contribution in [3.63, 3.8) is 0 Å². The molecule has 1 aliphatic rings. The lowest BCUT2D eigenvalue weighted by Gasteiger charge is -2.31. The van der Waals surface area contributed by atoms with Crippen molar-refractivity contribution in [2.75, 3.05) is 13.1 Å². The van der Waals surface area contributed by atoms with Crippen LogP contribution in [-0.2, 0) is 4.79 Å². The summed E-state index contributed by atoms with van der Waals surface area (Å²) in [7, 11) is 0. The van der Waals surface area contributed by atoms with Crippen LogP contribution in [0.1, 0.15) is 38.7 Å². The number of halogens is 3. The molecule has 2 rings (SSSR count). The molecule has 1 aromatic heterocycles. The van der Waals surface area contributed by atoms with E-state index < -0.39 is 18.6 Å². The molecule has 6 heteroatoms. The first-order chi connectivity index (χ1) is 10.1. The molecular formula is C16H21F3N2O. The van der Waals surface area contributed by atoms with Crippen LogP contribution in [0.4, 0.5) is 13.2 Å². The van der Waals surface area contributed by atoms with Gasteiger partial charge in [-0.25, -0.2) is 0 Å². The topological polar surface area (TPSA) is 33.2 Å². The summed E-state index contributed by atoms with van der Waals surface area (Å²) in [6.45, 7) is 4.40. The van der Waals surface area contributed by atoms with Crippen molar-refractivity contribution in [2.24, 2.45) is 11.3 Å². The van der Waals surface area contributed by atoms with Gasteiger partial charge in [0, 0.05) is 24.9 Å². The van der Waals surface area contributed by atoms with Crippen molar-refractivity contribution >= 4 is 5.91 Å². The summed E-state index contributed by atoms with van der Waals surface area (Å²) >= 11 is 0. The smallest absolute Gasteiger partial charge is 0.333 e. The fourth-order valence-electron chi connectivity index (χ4n) is 2.67. The Labute approximate surface area is 128 Å². The van der Waals surface area contributed by atoms with Gasteiger partial charge >= 0.3 is 6.18 Å². The molecule has 1 amide bonds. The highest BCUT2D eigenvalue weighted by atomic mass is 19.4. The molecule has 0 unspecified atom stereocenters. The molecule has 122 valence electrons. The normalized spacial score (nSPS) is 21.5. The third kappa shape index (κ3) is 4.71. The zero-order valence-electron chi connectivity index (χ0n) is 13.0. The van der Waals surface area contributed by atoms with E-state index in [0.717, 1.165) is 10.5 Å². The standard InChI is InChI=1S/C16H21F3N2O/c1-15(2,3)9-21(10-16(17,18)19)14(22)13-7-12(13)11-5-4-6-20-8-11/h4-6,8,12-13H,7,9-10H2,1-3H3/t12-,13+/m0/s1. The van der Waals surface area contributed by atoms with Crippen LogP contribution in [0.5, 0.6) is 0 Å². The van der Waals surface area contributed by atoms with Crippen LogP contribution >= 0.6 is 0 Å². The first kappa shape index (κ1) is 16.8. The van der Waals surface area contributed by atoms with E-state index in [4.69, 9.17) is 0 Å². The van der Waals surface area contributed by atoms with E-state index in [2.05, 4.69) is 4.98 Å².